The zero-order valence-electron chi connectivity index (χ0n) is 18.4. The normalized spacial score (nSPS) is 18.4. The number of pyridine rings is 1. The molecule has 0 spiro atoms. The Morgan fingerprint density at radius 2 is 1.87 bits per heavy atom. The summed E-state index contributed by atoms with van der Waals surface area (Å²) in [5.74, 6) is 0. The third-order valence-corrected chi connectivity index (χ3v) is 6.41. The lowest BCUT2D eigenvalue weighted by Crippen LogP contribution is -2.31. The summed E-state index contributed by atoms with van der Waals surface area (Å²) < 4.78 is 7.69. The van der Waals surface area contributed by atoms with E-state index in [0.717, 1.165) is 30.3 Å². The SMILES string of the molecule is COCCCN1C(=S)N[C@@H](c2ccccn2)[C@@H]1c1cc(C)n(Cc2ccccc2)c1C. The maximum atomic E-state index is 5.77. The van der Waals surface area contributed by atoms with Crippen LogP contribution in [-0.2, 0) is 11.3 Å². The van der Waals surface area contributed by atoms with E-state index in [1.54, 1.807) is 7.11 Å². The molecule has 0 bridgehead atoms. The Morgan fingerprint density at radius 1 is 1.10 bits per heavy atom. The topological polar surface area (TPSA) is 42.3 Å². The van der Waals surface area contributed by atoms with Gasteiger partial charge in [0, 0.05) is 44.4 Å². The van der Waals surface area contributed by atoms with Gasteiger partial charge in [0.05, 0.1) is 17.8 Å². The maximum absolute atomic E-state index is 5.77. The molecule has 3 aromatic rings. The van der Waals surface area contributed by atoms with Crippen molar-refractivity contribution in [1.29, 1.82) is 0 Å². The first-order valence-corrected chi connectivity index (χ1v) is 11.2. The van der Waals surface area contributed by atoms with Gasteiger partial charge in [-0.1, -0.05) is 36.4 Å². The fourth-order valence-electron chi connectivity index (χ4n) is 4.50. The van der Waals surface area contributed by atoms with Crippen molar-refractivity contribution in [2.45, 2.75) is 38.9 Å². The van der Waals surface area contributed by atoms with Crippen molar-refractivity contribution >= 4 is 17.3 Å². The van der Waals surface area contributed by atoms with Gasteiger partial charge in [-0.3, -0.25) is 4.98 Å². The molecule has 1 N–H and O–H groups in total. The Kier molecular flexibility index (Phi) is 6.68. The molecule has 1 aliphatic rings. The van der Waals surface area contributed by atoms with Crippen LogP contribution in [0.15, 0.2) is 60.8 Å². The molecule has 5 nitrogen and oxygen atoms in total. The number of rotatable bonds is 8. The number of methoxy groups -OCH3 is 1. The van der Waals surface area contributed by atoms with Gasteiger partial charge in [-0.05, 0) is 61.8 Å². The highest BCUT2D eigenvalue weighted by molar-refractivity contribution is 7.80. The quantitative estimate of drug-likeness (QED) is 0.416. The molecule has 4 rings (SSSR count). The highest BCUT2D eigenvalue weighted by Crippen LogP contribution is 2.40. The lowest BCUT2D eigenvalue weighted by atomic mass is 9.96. The molecule has 1 saturated heterocycles. The fraction of sp³-hybridized carbons (Fsp3) is 0.360. The summed E-state index contributed by atoms with van der Waals surface area (Å²) in [6.07, 6.45) is 2.77. The Hall–Kier alpha value is -2.70. The van der Waals surface area contributed by atoms with Gasteiger partial charge in [0.25, 0.3) is 0 Å². The number of aromatic nitrogens is 2. The van der Waals surface area contributed by atoms with Gasteiger partial charge >= 0.3 is 0 Å². The van der Waals surface area contributed by atoms with E-state index in [4.69, 9.17) is 17.0 Å². The lowest BCUT2D eigenvalue weighted by molar-refractivity contribution is 0.180. The van der Waals surface area contributed by atoms with Gasteiger partial charge in [0.15, 0.2) is 5.11 Å². The highest BCUT2D eigenvalue weighted by atomic mass is 32.1. The standard InChI is InChI=1S/C25H30N4OS/c1-18-16-21(19(2)29(18)17-20-10-5-4-6-11-20)24-23(22-12-7-8-13-26-22)27-25(31)28(24)14-9-15-30-3/h4-8,10-13,16,23-24H,9,14-15,17H2,1-3H3,(H,27,31)/t23-,24-/m0/s1. The average molecular weight is 435 g/mol. The van der Waals surface area contributed by atoms with Crippen LogP contribution in [-0.4, -0.2) is 39.8 Å². The third kappa shape index (κ3) is 4.50. The number of nitrogens with zero attached hydrogens (tertiary/aromatic N) is 3. The van der Waals surface area contributed by atoms with E-state index in [-0.39, 0.29) is 12.1 Å². The summed E-state index contributed by atoms with van der Waals surface area (Å²) in [5, 5.41) is 4.33. The van der Waals surface area contributed by atoms with Gasteiger partial charge in [-0.2, -0.15) is 0 Å². The number of ether oxygens (including phenoxy) is 1. The Balaban J connectivity index is 1.72. The summed E-state index contributed by atoms with van der Waals surface area (Å²) in [6.45, 7) is 6.82. The summed E-state index contributed by atoms with van der Waals surface area (Å²) in [6, 6.07) is 19.1. The number of hydrogen-bond donors (Lipinski definition) is 1. The van der Waals surface area contributed by atoms with E-state index in [1.165, 1.54) is 22.5 Å². The fourth-order valence-corrected chi connectivity index (χ4v) is 4.83. The molecule has 2 aromatic heterocycles. The first-order valence-electron chi connectivity index (χ1n) is 10.8. The minimum absolute atomic E-state index is 0.0157. The van der Waals surface area contributed by atoms with E-state index >= 15 is 0 Å². The van der Waals surface area contributed by atoms with Crippen molar-refractivity contribution in [2.24, 2.45) is 0 Å². The molecule has 1 aromatic carbocycles. The Labute approximate surface area is 190 Å². The van der Waals surface area contributed by atoms with Crippen LogP contribution in [0.2, 0.25) is 0 Å². The number of nitrogens with one attached hydrogen (secondary N) is 1. The monoisotopic (exact) mass is 434 g/mol. The largest absolute Gasteiger partial charge is 0.385 e. The molecule has 2 atom stereocenters. The average Bonchev–Trinajstić information content (AvgIpc) is 3.26. The van der Waals surface area contributed by atoms with Crippen molar-refractivity contribution in [3.05, 3.63) is 89.0 Å². The molecule has 1 aliphatic heterocycles. The molecule has 0 aliphatic carbocycles. The van der Waals surface area contributed by atoms with Crippen LogP contribution in [0, 0.1) is 13.8 Å². The number of thiocarbonyl (C=S) groups is 1. The van der Waals surface area contributed by atoms with E-state index in [0.29, 0.717) is 6.61 Å². The van der Waals surface area contributed by atoms with E-state index < -0.39 is 0 Å². The first-order chi connectivity index (χ1) is 15.1. The maximum Gasteiger partial charge on any atom is 0.170 e. The lowest BCUT2D eigenvalue weighted by Gasteiger charge is -2.28. The number of aryl methyl sites for hydroxylation is 1. The minimum atomic E-state index is 0.0157. The van der Waals surface area contributed by atoms with Crippen molar-refractivity contribution in [1.82, 2.24) is 19.8 Å². The first kappa shape index (κ1) is 21.5. The Morgan fingerprint density at radius 3 is 2.58 bits per heavy atom. The van der Waals surface area contributed by atoms with Crippen LogP contribution in [0.25, 0.3) is 0 Å². The number of hydrogen-bond acceptors (Lipinski definition) is 3. The van der Waals surface area contributed by atoms with Gasteiger partial charge in [0.1, 0.15) is 0 Å². The van der Waals surface area contributed by atoms with Crippen molar-refractivity contribution in [3.63, 3.8) is 0 Å². The summed E-state index contributed by atoms with van der Waals surface area (Å²) in [4.78, 5) is 6.96. The van der Waals surface area contributed by atoms with Crippen LogP contribution in [0.4, 0.5) is 0 Å². The summed E-state index contributed by atoms with van der Waals surface area (Å²) in [5.41, 5.74) is 6.14. The molecule has 1 fully saturated rings. The van der Waals surface area contributed by atoms with Crippen molar-refractivity contribution < 1.29 is 4.74 Å². The molecular formula is C25H30N4OS. The molecule has 0 amide bonds. The molecule has 0 radical (unpaired) electrons. The Bertz CT molecular complexity index is 1020. The van der Waals surface area contributed by atoms with Crippen LogP contribution in [0.3, 0.4) is 0 Å². The molecule has 31 heavy (non-hydrogen) atoms. The third-order valence-electron chi connectivity index (χ3n) is 6.06. The van der Waals surface area contributed by atoms with Gasteiger partial charge in [-0.15, -0.1) is 0 Å². The molecule has 162 valence electrons. The predicted octanol–water partition coefficient (Wildman–Crippen LogP) is 4.56. The molecule has 0 unspecified atom stereocenters. The highest BCUT2D eigenvalue weighted by Gasteiger charge is 2.41. The van der Waals surface area contributed by atoms with E-state index in [2.05, 4.69) is 76.1 Å². The molecule has 0 saturated carbocycles. The summed E-state index contributed by atoms with van der Waals surface area (Å²) >= 11 is 5.77. The molecule has 3 heterocycles. The summed E-state index contributed by atoms with van der Waals surface area (Å²) in [7, 11) is 1.74. The van der Waals surface area contributed by atoms with Crippen LogP contribution in [0.1, 0.15) is 46.7 Å². The predicted molar refractivity (Wildman–Crippen MR) is 128 cm³/mol. The van der Waals surface area contributed by atoms with Gasteiger partial charge < -0.3 is 19.5 Å². The van der Waals surface area contributed by atoms with Crippen molar-refractivity contribution in [3.8, 4) is 0 Å². The van der Waals surface area contributed by atoms with Crippen molar-refractivity contribution in [2.75, 3.05) is 20.3 Å². The van der Waals surface area contributed by atoms with Gasteiger partial charge in [-0.25, -0.2) is 0 Å². The molecule has 6 heteroatoms. The van der Waals surface area contributed by atoms with E-state index in [9.17, 15) is 0 Å². The zero-order valence-corrected chi connectivity index (χ0v) is 19.2. The van der Waals surface area contributed by atoms with E-state index in [1.807, 2.05) is 18.3 Å². The smallest absolute Gasteiger partial charge is 0.170 e. The zero-order chi connectivity index (χ0) is 21.8. The van der Waals surface area contributed by atoms with Crippen LogP contribution < -0.4 is 5.32 Å². The number of benzene rings is 1. The second-order valence-corrected chi connectivity index (χ2v) is 8.45. The molecular weight excluding hydrogens is 404 g/mol. The minimum Gasteiger partial charge on any atom is -0.385 e. The second-order valence-electron chi connectivity index (χ2n) is 8.06. The second kappa shape index (κ2) is 9.62. The van der Waals surface area contributed by atoms with Crippen LogP contribution in [0.5, 0.6) is 0 Å². The van der Waals surface area contributed by atoms with Crippen LogP contribution >= 0.6 is 12.2 Å². The van der Waals surface area contributed by atoms with Gasteiger partial charge in [0.2, 0.25) is 0 Å².